The smallest absolute Gasteiger partial charge is 0.0175 e. The molecule has 0 radical (unpaired) electrons. The fourth-order valence-electron chi connectivity index (χ4n) is 1.82. The van der Waals surface area contributed by atoms with Crippen molar-refractivity contribution in [3.63, 3.8) is 0 Å². The Kier molecular flexibility index (Phi) is 3.73. The second-order valence-electron chi connectivity index (χ2n) is 4.57. The Balaban J connectivity index is 2.86. The van der Waals surface area contributed by atoms with Crippen LogP contribution in [0, 0.1) is 0 Å². The fourth-order valence-corrected chi connectivity index (χ4v) is 2.09. The van der Waals surface area contributed by atoms with E-state index in [0.29, 0.717) is 0 Å². The van der Waals surface area contributed by atoms with Crippen molar-refractivity contribution in [3.05, 3.63) is 34.3 Å². The first-order valence-electron chi connectivity index (χ1n) is 4.93. The number of nitrogens with two attached hydrogens (primary N) is 1. The van der Waals surface area contributed by atoms with Gasteiger partial charge in [0.2, 0.25) is 0 Å². The lowest BCUT2D eigenvalue weighted by atomic mass is 9.79. The molecule has 0 amide bonds. The van der Waals surface area contributed by atoms with Crippen LogP contribution in [0.3, 0.4) is 0 Å². The highest BCUT2D eigenvalue weighted by atomic mass is 79.9. The van der Waals surface area contributed by atoms with Gasteiger partial charge in [0.1, 0.15) is 0 Å². The van der Waals surface area contributed by atoms with E-state index in [-0.39, 0.29) is 11.5 Å². The van der Waals surface area contributed by atoms with E-state index >= 15 is 0 Å². The molecule has 0 spiro atoms. The van der Waals surface area contributed by atoms with Crippen LogP contribution in [0.25, 0.3) is 0 Å². The summed E-state index contributed by atoms with van der Waals surface area (Å²) in [6, 6.07) is 8.73. The Morgan fingerprint density at radius 3 is 2.21 bits per heavy atom. The topological polar surface area (TPSA) is 26.0 Å². The Bertz CT molecular complexity index is 288. The maximum absolute atomic E-state index is 5.84. The van der Waals surface area contributed by atoms with E-state index in [2.05, 4.69) is 61.0 Å². The zero-order valence-electron chi connectivity index (χ0n) is 9.05. The van der Waals surface area contributed by atoms with Gasteiger partial charge >= 0.3 is 0 Å². The number of benzene rings is 1. The van der Waals surface area contributed by atoms with Gasteiger partial charge in [-0.15, -0.1) is 0 Å². The quantitative estimate of drug-likeness (QED) is 0.880. The van der Waals surface area contributed by atoms with E-state index in [4.69, 9.17) is 5.73 Å². The molecule has 0 aromatic heterocycles. The van der Waals surface area contributed by atoms with Gasteiger partial charge in [-0.2, -0.15) is 0 Å². The summed E-state index contributed by atoms with van der Waals surface area (Å²) in [5.74, 6) is 0. The van der Waals surface area contributed by atoms with Gasteiger partial charge in [0, 0.05) is 10.5 Å². The van der Waals surface area contributed by atoms with Gasteiger partial charge in [0.25, 0.3) is 0 Å². The predicted molar refractivity (Wildman–Crippen MR) is 65.4 cm³/mol. The van der Waals surface area contributed by atoms with Gasteiger partial charge in [-0.05, 0) is 36.5 Å². The minimum absolute atomic E-state index is 0.162. The van der Waals surface area contributed by atoms with Gasteiger partial charge in [-0.1, -0.05) is 41.9 Å². The van der Waals surface area contributed by atoms with Crippen molar-refractivity contribution in [1.82, 2.24) is 0 Å². The van der Waals surface area contributed by atoms with Crippen molar-refractivity contribution >= 4 is 15.9 Å². The number of rotatable bonds is 3. The maximum atomic E-state index is 5.84. The SMILES string of the molecule is CC(N)CC(C)(C)c1ccc(Br)cc1. The van der Waals surface area contributed by atoms with Crippen LogP contribution in [0.4, 0.5) is 0 Å². The highest BCUT2D eigenvalue weighted by molar-refractivity contribution is 9.10. The number of hydrogen-bond acceptors (Lipinski definition) is 1. The highest BCUT2D eigenvalue weighted by Crippen LogP contribution is 2.28. The van der Waals surface area contributed by atoms with Crippen molar-refractivity contribution in [2.24, 2.45) is 5.73 Å². The van der Waals surface area contributed by atoms with Crippen molar-refractivity contribution in [2.75, 3.05) is 0 Å². The van der Waals surface area contributed by atoms with E-state index in [1.807, 2.05) is 0 Å². The molecule has 0 bridgehead atoms. The maximum Gasteiger partial charge on any atom is 0.0175 e. The summed E-state index contributed by atoms with van der Waals surface area (Å²) in [5, 5.41) is 0. The van der Waals surface area contributed by atoms with E-state index in [0.717, 1.165) is 10.9 Å². The van der Waals surface area contributed by atoms with E-state index in [1.165, 1.54) is 5.56 Å². The third-order valence-electron chi connectivity index (χ3n) is 2.46. The van der Waals surface area contributed by atoms with Gasteiger partial charge in [-0.3, -0.25) is 0 Å². The molecule has 1 atom stereocenters. The zero-order chi connectivity index (χ0) is 10.8. The number of halogens is 1. The lowest BCUT2D eigenvalue weighted by molar-refractivity contribution is 0.437. The Morgan fingerprint density at radius 1 is 1.29 bits per heavy atom. The molecule has 2 heteroatoms. The van der Waals surface area contributed by atoms with Gasteiger partial charge < -0.3 is 5.73 Å². The molecule has 78 valence electrons. The van der Waals surface area contributed by atoms with E-state index in [9.17, 15) is 0 Å². The van der Waals surface area contributed by atoms with Crippen molar-refractivity contribution in [3.8, 4) is 0 Å². The molecule has 0 saturated carbocycles. The molecule has 1 nitrogen and oxygen atoms in total. The Morgan fingerprint density at radius 2 is 1.79 bits per heavy atom. The molecule has 2 N–H and O–H groups in total. The first-order chi connectivity index (χ1) is 6.42. The Hall–Kier alpha value is -0.340. The largest absolute Gasteiger partial charge is 0.328 e. The molecule has 1 rings (SSSR count). The van der Waals surface area contributed by atoms with Crippen molar-refractivity contribution < 1.29 is 0 Å². The monoisotopic (exact) mass is 255 g/mol. The average molecular weight is 256 g/mol. The van der Waals surface area contributed by atoms with Crippen LogP contribution in [0.5, 0.6) is 0 Å². The summed E-state index contributed by atoms with van der Waals surface area (Å²) in [5.41, 5.74) is 7.34. The molecule has 1 aromatic rings. The third-order valence-corrected chi connectivity index (χ3v) is 2.99. The summed E-state index contributed by atoms with van der Waals surface area (Å²) >= 11 is 3.44. The van der Waals surface area contributed by atoms with Crippen LogP contribution < -0.4 is 5.73 Å². The highest BCUT2D eigenvalue weighted by Gasteiger charge is 2.21. The normalized spacial score (nSPS) is 14.1. The molecular weight excluding hydrogens is 238 g/mol. The van der Waals surface area contributed by atoms with Crippen LogP contribution in [0.2, 0.25) is 0 Å². The molecule has 0 aliphatic carbocycles. The lowest BCUT2D eigenvalue weighted by Crippen LogP contribution is -2.28. The van der Waals surface area contributed by atoms with Crippen LogP contribution in [-0.2, 0) is 5.41 Å². The third kappa shape index (κ3) is 3.10. The van der Waals surface area contributed by atoms with Crippen molar-refractivity contribution in [1.29, 1.82) is 0 Å². The van der Waals surface area contributed by atoms with Gasteiger partial charge in [0.05, 0.1) is 0 Å². The Labute approximate surface area is 94.8 Å². The van der Waals surface area contributed by atoms with Crippen molar-refractivity contribution in [2.45, 2.75) is 38.6 Å². The molecular formula is C12H18BrN. The van der Waals surface area contributed by atoms with E-state index in [1.54, 1.807) is 0 Å². The minimum atomic E-state index is 0.162. The molecule has 0 aliphatic rings. The molecule has 1 aromatic carbocycles. The predicted octanol–water partition coefficient (Wildman–Crippen LogP) is 3.46. The summed E-state index contributed by atoms with van der Waals surface area (Å²) in [7, 11) is 0. The molecule has 1 unspecified atom stereocenters. The second kappa shape index (κ2) is 4.45. The first-order valence-corrected chi connectivity index (χ1v) is 5.73. The molecule has 0 aliphatic heterocycles. The lowest BCUT2D eigenvalue weighted by Gasteiger charge is -2.27. The molecule has 0 saturated heterocycles. The summed E-state index contributed by atoms with van der Waals surface area (Å²) < 4.78 is 1.12. The minimum Gasteiger partial charge on any atom is -0.328 e. The van der Waals surface area contributed by atoms with Crippen LogP contribution in [0.1, 0.15) is 32.8 Å². The number of hydrogen-bond donors (Lipinski definition) is 1. The summed E-state index contributed by atoms with van der Waals surface area (Å²) in [6.45, 7) is 6.53. The summed E-state index contributed by atoms with van der Waals surface area (Å²) in [6.07, 6.45) is 1.01. The second-order valence-corrected chi connectivity index (χ2v) is 5.49. The molecule has 0 fully saturated rings. The fraction of sp³-hybridized carbons (Fsp3) is 0.500. The molecule has 0 heterocycles. The standard InChI is InChI=1S/C12H18BrN/c1-9(14)8-12(2,3)10-4-6-11(13)7-5-10/h4-7,9H,8,14H2,1-3H3. The van der Waals surface area contributed by atoms with Gasteiger partial charge in [0.15, 0.2) is 0 Å². The zero-order valence-corrected chi connectivity index (χ0v) is 10.6. The molecule has 14 heavy (non-hydrogen) atoms. The summed E-state index contributed by atoms with van der Waals surface area (Å²) in [4.78, 5) is 0. The first kappa shape index (κ1) is 11.7. The van der Waals surface area contributed by atoms with E-state index < -0.39 is 0 Å². The average Bonchev–Trinajstić information content (AvgIpc) is 2.02. The van der Waals surface area contributed by atoms with Gasteiger partial charge in [-0.25, -0.2) is 0 Å². The van der Waals surface area contributed by atoms with Crippen LogP contribution in [-0.4, -0.2) is 6.04 Å². The van der Waals surface area contributed by atoms with Crippen LogP contribution in [0.15, 0.2) is 28.7 Å². The van der Waals surface area contributed by atoms with Crippen LogP contribution >= 0.6 is 15.9 Å².